The van der Waals surface area contributed by atoms with Crippen molar-refractivity contribution in [1.82, 2.24) is 10.2 Å². The first-order chi connectivity index (χ1) is 13.8. The molecule has 1 fully saturated rings. The number of hydrogen-bond acceptors (Lipinski definition) is 6. The van der Waals surface area contributed by atoms with Crippen LogP contribution in [0.1, 0.15) is 45.1 Å². The molecule has 1 aliphatic carbocycles. The first-order valence-corrected chi connectivity index (χ1v) is 10.2. The Morgan fingerprint density at radius 1 is 1.23 bits per heavy atom. The van der Waals surface area contributed by atoms with Crippen LogP contribution in [0.4, 0.5) is 4.79 Å². The molecule has 9 heteroatoms. The number of halogens is 2. The molecule has 0 aromatic heterocycles. The van der Waals surface area contributed by atoms with Crippen LogP contribution in [0.15, 0.2) is 24.3 Å². The molecule has 1 aromatic rings. The highest BCUT2D eigenvalue weighted by molar-refractivity contribution is 6.31. The minimum Gasteiger partial charge on any atom is -0.427 e. The summed E-state index contributed by atoms with van der Waals surface area (Å²) in [6.07, 6.45) is 1.61. The summed E-state index contributed by atoms with van der Waals surface area (Å²) in [6.45, 7) is 3.23. The zero-order chi connectivity index (χ0) is 21.6. The van der Waals surface area contributed by atoms with Gasteiger partial charge in [0.1, 0.15) is 11.6 Å². The first-order valence-electron chi connectivity index (χ1n) is 9.78. The lowest BCUT2D eigenvalue weighted by molar-refractivity contribution is -0.157. The van der Waals surface area contributed by atoms with E-state index in [9.17, 15) is 14.4 Å². The summed E-state index contributed by atoms with van der Waals surface area (Å²) >= 11 is 6.38. The van der Waals surface area contributed by atoms with Gasteiger partial charge < -0.3 is 14.8 Å². The number of rotatable bonds is 7. The van der Waals surface area contributed by atoms with Crippen molar-refractivity contribution in [3.8, 4) is 0 Å². The van der Waals surface area contributed by atoms with Crippen LogP contribution in [-0.4, -0.2) is 49.7 Å². The standard InChI is InChI=1S/C21H29ClN2O5.ClH/c1-14(2)18(23-3)19(26)28-13-29-20(27)24(4)21(12-8-7-11-17(21)25)15-9-5-6-10-16(15)22;/h5-6,9-10,14,18,23H,7-8,11-13H2,1-4H3;1H/t18?,21-;/m0./s1. The van der Waals surface area contributed by atoms with E-state index in [1.807, 2.05) is 13.8 Å². The van der Waals surface area contributed by atoms with E-state index in [4.69, 9.17) is 21.1 Å². The van der Waals surface area contributed by atoms with Gasteiger partial charge in [-0.1, -0.05) is 43.6 Å². The molecule has 1 unspecified atom stereocenters. The number of benzene rings is 1. The van der Waals surface area contributed by atoms with Crippen LogP contribution in [0.3, 0.4) is 0 Å². The van der Waals surface area contributed by atoms with E-state index in [-0.39, 0.29) is 24.1 Å². The number of likely N-dealkylation sites (N-methyl/N-ethyl adjacent to an activating group) is 2. The van der Waals surface area contributed by atoms with Gasteiger partial charge in [-0.2, -0.15) is 0 Å². The van der Waals surface area contributed by atoms with Crippen molar-refractivity contribution >= 4 is 41.9 Å². The normalized spacial score (nSPS) is 19.6. The molecule has 1 aliphatic rings. The number of carbonyl (C=O) groups excluding carboxylic acids is 3. The van der Waals surface area contributed by atoms with Crippen molar-refractivity contribution in [3.05, 3.63) is 34.9 Å². The fraction of sp³-hybridized carbons (Fsp3) is 0.571. The van der Waals surface area contributed by atoms with Crippen molar-refractivity contribution < 1.29 is 23.9 Å². The second-order valence-electron chi connectivity index (χ2n) is 7.53. The van der Waals surface area contributed by atoms with E-state index >= 15 is 0 Å². The maximum absolute atomic E-state index is 13.0. The molecule has 0 radical (unpaired) electrons. The molecule has 168 valence electrons. The summed E-state index contributed by atoms with van der Waals surface area (Å²) in [4.78, 5) is 39.1. The monoisotopic (exact) mass is 460 g/mol. The molecule has 0 aliphatic heterocycles. The summed E-state index contributed by atoms with van der Waals surface area (Å²) in [5.41, 5.74) is -0.610. The van der Waals surface area contributed by atoms with Crippen molar-refractivity contribution in [2.75, 3.05) is 20.9 Å². The Kier molecular flexibility index (Phi) is 10.1. The summed E-state index contributed by atoms with van der Waals surface area (Å²) in [5.74, 6) is -0.565. The average molecular weight is 461 g/mol. The number of hydrogen-bond donors (Lipinski definition) is 1. The lowest BCUT2D eigenvalue weighted by Crippen LogP contribution is -2.54. The predicted molar refractivity (Wildman–Crippen MR) is 117 cm³/mol. The lowest BCUT2D eigenvalue weighted by Gasteiger charge is -2.43. The van der Waals surface area contributed by atoms with E-state index in [1.54, 1.807) is 31.3 Å². The third kappa shape index (κ3) is 5.45. The minimum absolute atomic E-state index is 0. The number of amides is 1. The summed E-state index contributed by atoms with van der Waals surface area (Å²) in [5, 5.41) is 3.29. The fourth-order valence-corrected chi connectivity index (χ4v) is 4.13. The summed E-state index contributed by atoms with van der Waals surface area (Å²) in [7, 11) is 3.18. The Morgan fingerprint density at radius 3 is 2.47 bits per heavy atom. The van der Waals surface area contributed by atoms with E-state index in [2.05, 4.69) is 5.32 Å². The third-order valence-corrected chi connectivity index (χ3v) is 5.76. The molecular weight excluding hydrogens is 431 g/mol. The number of carbonyl (C=O) groups is 3. The Hall–Kier alpha value is -1.83. The highest BCUT2D eigenvalue weighted by Crippen LogP contribution is 2.42. The van der Waals surface area contributed by atoms with Gasteiger partial charge in [0.15, 0.2) is 5.78 Å². The van der Waals surface area contributed by atoms with Gasteiger partial charge in [0, 0.05) is 24.1 Å². The second kappa shape index (κ2) is 11.5. The van der Waals surface area contributed by atoms with Crippen LogP contribution in [0.5, 0.6) is 0 Å². The van der Waals surface area contributed by atoms with Crippen LogP contribution in [-0.2, 0) is 24.6 Å². The smallest absolute Gasteiger partial charge is 0.413 e. The van der Waals surface area contributed by atoms with Gasteiger partial charge in [-0.05, 0) is 38.3 Å². The van der Waals surface area contributed by atoms with Gasteiger partial charge >= 0.3 is 12.1 Å². The quantitative estimate of drug-likeness (QED) is 0.490. The molecular formula is C21H30Cl2N2O5. The molecule has 1 aromatic carbocycles. The van der Waals surface area contributed by atoms with E-state index in [0.29, 0.717) is 23.4 Å². The minimum atomic E-state index is -1.19. The van der Waals surface area contributed by atoms with Crippen LogP contribution < -0.4 is 5.32 Å². The van der Waals surface area contributed by atoms with Crippen LogP contribution in [0.2, 0.25) is 5.02 Å². The van der Waals surface area contributed by atoms with E-state index in [0.717, 1.165) is 12.8 Å². The Bertz CT molecular complexity index is 759. The van der Waals surface area contributed by atoms with Gasteiger partial charge in [-0.15, -0.1) is 12.4 Å². The first kappa shape index (κ1) is 26.2. The van der Waals surface area contributed by atoms with Gasteiger partial charge in [-0.3, -0.25) is 14.5 Å². The number of nitrogens with zero attached hydrogens (tertiary/aromatic N) is 1. The maximum Gasteiger partial charge on any atom is 0.413 e. The molecule has 2 atom stereocenters. The molecule has 1 amide bonds. The van der Waals surface area contributed by atoms with Gasteiger partial charge in [0.05, 0.1) is 0 Å². The van der Waals surface area contributed by atoms with Crippen molar-refractivity contribution in [1.29, 1.82) is 0 Å². The summed E-state index contributed by atoms with van der Waals surface area (Å²) < 4.78 is 10.2. The van der Waals surface area contributed by atoms with Crippen LogP contribution in [0.25, 0.3) is 0 Å². The molecule has 1 N–H and O–H groups in total. The predicted octanol–water partition coefficient (Wildman–Crippen LogP) is 3.91. The number of nitrogens with one attached hydrogen (secondary N) is 1. The molecule has 2 rings (SSSR count). The van der Waals surface area contributed by atoms with E-state index < -0.39 is 30.4 Å². The molecule has 0 bridgehead atoms. The average Bonchev–Trinajstić information content (AvgIpc) is 2.68. The molecule has 0 saturated heterocycles. The Morgan fingerprint density at radius 2 is 1.90 bits per heavy atom. The lowest BCUT2D eigenvalue weighted by atomic mass is 9.74. The highest BCUT2D eigenvalue weighted by atomic mass is 35.5. The van der Waals surface area contributed by atoms with Crippen molar-refractivity contribution in [2.24, 2.45) is 5.92 Å². The SMILES string of the molecule is CNC(C(=O)OCOC(=O)N(C)[C@]1(c2ccccc2Cl)CCCCC1=O)C(C)C.Cl. The largest absolute Gasteiger partial charge is 0.427 e. The van der Waals surface area contributed by atoms with Gasteiger partial charge in [0.2, 0.25) is 6.79 Å². The zero-order valence-electron chi connectivity index (χ0n) is 17.8. The number of ketones is 1. The third-order valence-electron chi connectivity index (χ3n) is 5.43. The number of Topliss-reactive ketones (excluding diaryl/α,β-unsaturated/α-hetero) is 1. The van der Waals surface area contributed by atoms with Gasteiger partial charge in [0.25, 0.3) is 0 Å². The fourth-order valence-electron chi connectivity index (χ4n) is 3.83. The highest BCUT2D eigenvalue weighted by Gasteiger charge is 2.48. The molecule has 0 heterocycles. The van der Waals surface area contributed by atoms with Crippen molar-refractivity contribution in [3.63, 3.8) is 0 Å². The molecule has 30 heavy (non-hydrogen) atoms. The van der Waals surface area contributed by atoms with Crippen LogP contribution in [0, 0.1) is 5.92 Å². The molecule has 1 saturated carbocycles. The number of ether oxygens (including phenoxy) is 2. The number of esters is 1. The Balaban J connectivity index is 0.00000450. The van der Waals surface area contributed by atoms with Crippen molar-refractivity contribution in [2.45, 2.75) is 51.1 Å². The summed E-state index contributed by atoms with van der Waals surface area (Å²) in [6, 6.07) is 6.52. The topological polar surface area (TPSA) is 84.9 Å². The Labute approximate surface area is 188 Å². The van der Waals surface area contributed by atoms with Gasteiger partial charge in [-0.25, -0.2) is 4.79 Å². The molecule has 0 spiro atoms. The zero-order valence-corrected chi connectivity index (χ0v) is 19.3. The maximum atomic E-state index is 13.0. The van der Waals surface area contributed by atoms with Crippen LogP contribution >= 0.6 is 24.0 Å². The second-order valence-corrected chi connectivity index (χ2v) is 7.94. The molecule has 7 nitrogen and oxygen atoms in total. The van der Waals surface area contributed by atoms with E-state index in [1.165, 1.54) is 11.9 Å².